The minimum atomic E-state index is 0.638. The van der Waals surface area contributed by atoms with Gasteiger partial charge in [0.15, 0.2) is 0 Å². The first-order valence-electron chi connectivity index (χ1n) is 7.01. The van der Waals surface area contributed by atoms with Gasteiger partial charge >= 0.3 is 0 Å². The minimum Gasteiger partial charge on any atom is -0.258 e. The molecule has 0 fully saturated rings. The number of nitrogens with zero attached hydrogens (tertiary/aromatic N) is 1. The van der Waals surface area contributed by atoms with Crippen LogP contribution in [-0.4, -0.2) is 4.98 Å². The van der Waals surface area contributed by atoms with Gasteiger partial charge in [0.2, 0.25) is 0 Å². The van der Waals surface area contributed by atoms with Crippen molar-refractivity contribution in [2.24, 2.45) is 5.92 Å². The van der Waals surface area contributed by atoms with Gasteiger partial charge < -0.3 is 0 Å². The Bertz CT molecular complexity index is 565. The number of aromatic nitrogens is 1. The molecule has 1 nitrogen and oxygen atoms in total. The summed E-state index contributed by atoms with van der Waals surface area (Å²) in [5.74, 6) is 0.638. The van der Waals surface area contributed by atoms with Crippen LogP contribution in [0.5, 0.6) is 0 Å². The number of aryl methyl sites for hydroxylation is 2. The number of benzene rings is 1. The maximum Gasteiger partial charge on any atom is 0.0444 e. The van der Waals surface area contributed by atoms with Crippen LogP contribution in [0.2, 0.25) is 0 Å². The molecule has 0 amide bonds. The Hall–Kier alpha value is -1.63. The molecule has 1 heteroatoms. The van der Waals surface area contributed by atoms with Crippen molar-refractivity contribution in [3.63, 3.8) is 0 Å². The summed E-state index contributed by atoms with van der Waals surface area (Å²) in [6.07, 6.45) is 1.05. The molecule has 1 heterocycles. The number of hydrogen-bond acceptors (Lipinski definition) is 1. The van der Waals surface area contributed by atoms with E-state index in [0.717, 1.165) is 12.1 Å². The summed E-state index contributed by atoms with van der Waals surface area (Å²) in [5.41, 5.74) is 7.59. The molecular weight excluding hydrogens is 230 g/mol. The Morgan fingerprint density at radius 1 is 1.00 bits per heavy atom. The Morgan fingerprint density at radius 3 is 2.21 bits per heavy atom. The van der Waals surface area contributed by atoms with Crippen molar-refractivity contribution in [2.75, 3.05) is 0 Å². The summed E-state index contributed by atoms with van der Waals surface area (Å²) in [7, 11) is 0. The normalized spacial score (nSPS) is 11.1. The second kappa shape index (κ2) is 5.56. The van der Waals surface area contributed by atoms with E-state index in [9.17, 15) is 0 Å². The molecule has 1 aromatic carbocycles. The molecule has 0 radical (unpaired) electrons. The lowest BCUT2D eigenvalue weighted by Crippen LogP contribution is -2.03. The zero-order valence-electron chi connectivity index (χ0n) is 12.6. The van der Waals surface area contributed by atoms with E-state index < -0.39 is 0 Å². The first-order valence-corrected chi connectivity index (χ1v) is 7.01. The van der Waals surface area contributed by atoms with E-state index in [2.05, 4.69) is 65.0 Å². The Kier molecular flexibility index (Phi) is 4.04. The topological polar surface area (TPSA) is 12.9 Å². The molecule has 0 spiro atoms. The number of rotatable bonds is 3. The van der Waals surface area contributed by atoms with Crippen LogP contribution in [0.1, 0.15) is 36.4 Å². The SMILES string of the molecule is Cc1ccc(-c2cc(C)nc(CC(C)C)c2C)cc1. The van der Waals surface area contributed by atoms with Gasteiger partial charge in [-0.1, -0.05) is 43.7 Å². The fourth-order valence-electron chi connectivity index (χ4n) is 2.42. The molecule has 2 aromatic rings. The van der Waals surface area contributed by atoms with Crippen molar-refractivity contribution in [1.82, 2.24) is 4.98 Å². The molecule has 0 unspecified atom stereocenters. The van der Waals surface area contributed by atoms with E-state index in [4.69, 9.17) is 4.98 Å². The first kappa shape index (κ1) is 13.8. The van der Waals surface area contributed by atoms with Crippen molar-refractivity contribution in [3.8, 4) is 11.1 Å². The maximum atomic E-state index is 4.72. The van der Waals surface area contributed by atoms with Crippen LogP contribution in [-0.2, 0) is 6.42 Å². The minimum absolute atomic E-state index is 0.638. The molecule has 0 bridgehead atoms. The molecule has 0 saturated heterocycles. The fraction of sp³-hybridized carbons (Fsp3) is 0.389. The molecule has 2 rings (SSSR count). The number of pyridine rings is 1. The average molecular weight is 253 g/mol. The zero-order chi connectivity index (χ0) is 14.0. The van der Waals surface area contributed by atoms with Crippen molar-refractivity contribution in [2.45, 2.75) is 41.0 Å². The van der Waals surface area contributed by atoms with Crippen LogP contribution in [0.15, 0.2) is 30.3 Å². The third-order valence-corrected chi connectivity index (χ3v) is 3.47. The van der Waals surface area contributed by atoms with Crippen molar-refractivity contribution in [1.29, 1.82) is 0 Å². The van der Waals surface area contributed by atoms with Crippen LogP contribution in [0, 0.1) is 26.7 Å². The smallest absolute Gasteiger partial charge is 0.0444 e. The van der Waals surface area contributed by atoms with Gasteiger partial charge in [0.05, 0.1) is 0 Å². The quantitative estimate of drug-likeness (QED) is 0.760. The van der Waals surface area contributed by atoms with Crippen LogP contribution in [0.3, 0.4) is 0 Å². The van der Waals surface area contributed by atoms with Gasteiger partial charge in [0.1, 0.15) is 0 Å². The molecule has 0 aliphatic heterocycles. The first-order chi connectivity index (χ1) is 8.97. The molecule has 0 saturated carbocycles. The molecule has 0 aliphatic carbocycles. The third-order valence-electron chi connectivity index (χ3n) is 3.47. The largest absolute Gasteiger partial charge is 0.258 e. The Labute approximate surface area is 116 Å². The summed E-state index contributed by atoms with van der Waals surface area (Å²) in [4.78, 5) is 4.72. The van der Waals surface area contributed by atoms with E-state index in [1.165, 1.54) is 27.9 Å². The van der Waals surface area contributed by atoms with Gasteiger partial charge in [0, 0.05) is 11.4 Å². The summed E-state index contributed by atoms with van der Waals surface area (Å²) < 4.78 is 0. The lowest BCUT2D eigenvalue weighted by molar-refractivity contribution is 0.631. The van der Waals surface area contributed by atoms with E-state index in [-0.39, 0.29) is 0 Å². The monoisotopic (exact) mass is 253 g/mol. The Morgan fingerprint density at radius 2 is 1.63 bits per heavy atom. The van der Waals surface area contributed by atoms with Crippen LogP contribution < -0.4 is 0 Å². The molecular formula is C18H23N. The average Bonchev–Trinajstić information content (AvgIpc) is 2.34. The predicted octanol–water partition coefficient (Wildman–Crippen LogP) is 4.87. The van der Waals surface area contributed by atoms with Gasteiger partial charge in [-0.2, -0.15) is 0 Å². The highest BCUT2D eigenvalue weighted by molar-refractivity contribution is 5.68. The lowest BCUT2D eigenvalue weighted by atomic mass is 9.95. The molecule has 0 atom stereocenters. The highest BCUT2D eigenvalue weighted by Gasteiger charge is 2.10. The third kappa shape index (κ3) is 3.23. The zero-order valence-corrected chi connectivity index (χ0v) is 12.6. The van der Waals surface area contributed by atoms with E-state index in [0.29, 0.717) is 5.92 Å². The predicted molar refractivity (Wildman–Crippen MR) is 82.4 cm³/mol. The molecule has 19 heavy (non-hydrogen) atoms. The fourth-order valence-corrected chi connectivity index (χ4v) is 2.42. The van der Waals surface area contributed by atoms with E-state index >= 15 is 0 Å². The summed E-state index contributed by atoms with van der Waals surface area (Å²) in [5, 5.41) is 0. The Balaban J connectivity index is 2.51. The summed E-state index contributed by atoms with van der Waals surface area (Å²) >= 11 is 0. The van der Waals surface area contributed by atoms with Crippen LogP contribution in [0.4, 0.5) is 0 Å². The summed E-state index contributed by atoms with van der Waals surface area (Å²) in [6.45, 7) is 10.9. The van der Waals surface area contributed by atoms with E-state index in [1.807, 2.05) is 0 Å². The second-order valence-corrected chi connectivity index (χ2v) is 5.85. The second-order valence-electron chi connectivity index (χ2n) is 5.85. The van der Waals surface area contributed by atoms with Crippen LogP contribution >= 0.6 is 0 Å². The van der Waals surface area contributed by atoms with Gasteiger partial charge in [-0.15, -0.1) is 0 Å². The maximum absolute atomic E-state index is 4.72. The number of hydrogen-bond donors (Lipinski definition) is 0. The van der Waals surface area contributed by atoms with E-state index in [1.54, 1.807) is 0 Å². The highest BCUT2D eigenvalue weighted by Crippen LogP contribution is 2.27. The summed E-state index contributed by atoms with van der Waals surface area (Å²) in [6, 6.07) is 11.0. The van der Waals surface area contributed by atoms with Crippen molar-refractivity contribution in [3.05, 3.63) is 52.8 Å². The van der Waals surface area contributed by atoms with Gasteiger partial charge in [-0.05, 0) is 55.9 Å². The molecule has 0 N–H and O–H groups in total. The molecule has 100 valence electrons. The standard InChI is InChI=1S/C18H23N/c1-12(2)10-18-15(5)17(11-14(4)19-18)16-8-6-13(3)7-9-16/h6-9,11-12H,10H2,1-5H3. The molecule has 0 aliphatic rings. The van der Waals surface area contributed by atoms with Gasteiger partial charge in [-0.3, -0.25) is 4.98 Å². The molecule has 1 aromatic heterocycles. The van der Waals surface area contributed by atoms with Crippen LogP contribution in [0.25, 0.3) is 11.1 Å². The lowest BCUT2D eigenvalue weighted by Gasteiger charge is -2.14. The van der Waals surface area contributed by atoms with Gasteiger partial charge in [0.25, 0.3) is 0 Å². The van der Waals surface area contributed by atoms with Gasteiger partial charge in [-0.25, -0.2) is 0 Å². The van der Waals surface area contributed by atoms with Crippen molar-refractivity contribution < 1.29 is 0 Å². The van der Waals surface area contributed by atoms with Crippen molar-refractivity contribution >= 4 is 0 Å². The highest BCUT2D eigenvalue weighted by atomic mass is 14.7.